The summed E-state index contributed by atoms with van der Waals surface area (Å²) in [5.74, 6) is -61.4. The zero-order valence-electron chi connectivity index (χ0n) is 65.7. The molecular weight excluding hydrogens is 1800 g/mol. The van der Waals surface area contributed by atoms with Gasteiger partial charge >= 0.3 is 47.8 Å². The summed E-state index contributed by atoms with van der Waals surface area (Å²) >= 11 is 0. The van der Waals surface area contributed by atoms with Gasteiger partial charge in [0.1, 0.15) is 60.4 Å². The number of aromatic hydroxyl groups is 27. The van der Waals surface area contributed by atoms with Crippen LogP contribution >= 0.6 is 0 Å². The maximum atomic E-state index is 16.1. The van der Waals surface area contributed by atoms with Gasteiger partial charge in [-0.1, -0.05) is 6.07 Å². The summed E-state index contributed by atoms with van der Waals surface area (Å²) in [6, 6.07) is 5.90. The summed E-state index contributed by atoms with van der Waals surface area (Å²) in [6.07, 6.45) is -34.3. The molecule has 12 atom stereocenters. The minimum Gasteiger partial charge on any atom is -0.507 e. The lowest BCUT2D eigenvalue weighted by atomic mass is 9.88. The van der Waals surface area contributed by atoms with Gasteiger partial charge in [-0.3, -0.25) is 0 Å². The molecule has 1 saturated heterocycles. The summed E-state index contributed by atoms with van der Waals surface area (Å²) in [4.78, 5) is 120. The summed E-state index contributed by atoms with van der Waals surface area (Å²) in [6.45, 7) is -3.16. The topological polar surface area (TPSA) is 865 Å². The second-order valence-electron chi connectivity index (χ2n) is 29.7. The van der Waals surface area contributed by atoms with E-state index in [0.717, 1.165) is 18.2 Å². The molecular formula is C83H62O50. The Morgan fingerprint density at radius 2 is 0.752 bits per heavy atom. The van der Waals surface area contributed by atoms with Crippen LogP contribution in [0, 0.1) is 0 Å². The average Bonchev–Trinajstić information content (AvgIpc) is 1.64. The van der Waals surface area contributed by atoms with Gasteiger partial charge < -0.3 is 210 Å². The van der Waals surface area contributed by atoms with Crippen molar-refractivity contribution in [3.63, 3.8) is 0 Å². The van der Waals surface area contributed by atoms with Gasteiger partial charge in [0.15, 0.2) is 152 Å². The Morgan fingerprint density at radius 1 is 0.346 bits per heavy atom. The van der Waals surface area contributed by atoms with Crippen molar-refractivity contribution < 1.29 is 249 Å². The Bertz CT molecular complexity index is 6710. The normalized spacial score (nSPS) is 20.7. The van der Waals surface area contributed by atoms with Gasteiger partial charge in [0.25, 0.3) is 0 Å². The number of hydrogen-bond acceptors (Lipinski definition) is 50. The molecule has 133 heavy (non-hydrogen) atoms. The van der Waals surface area contributed by atoms with E-state index in [1.54, 1.807) is 0 Å². The van der Waals surface area contributed by atoms with Crippen molar-refractivity contribution in [2.75, 3.05) is 13.2 Å². The highest BCUT2D eigenvalue weighted by Crippen LogP contribution is 2.60. The SMILES string of the molecule is O=C(O[C@H]1[C@@H]2OC(=O)c3cc(O)c(O)c(O)c3-c3c(cc(O)c(O)c3O)C(=O)OC[C@H]2OC(O)[C@@H]1OC(=O)c1cc(O)c(O)c(O)c1Oc1cc2c(c(O)c1O)-c1c(cc(O)c(O)c1O)C(=O)O[C@@H]([C@@H]1OC(=O)c3cc(O)c(O)c(O)c3-c3c(cc(O)c(O)c3O)C(=O)OC[C@H]1O)[C@H]([C@H](O)c1c(O)cc3c(c1O)C[C@@H](O)[C@@H](c1ccc(O)c(O)c1)O3)OC2=O)c1cc(O)c(O)c(O)c1. The van der Waals surface area contributed by atoms with Gasteiger partial charge in [-0.05, 0) is 60.2 Å². The standard InChI is InChI=1S/C83H62O50/c84-27-2-1-17(3-28(27)85)67-38(95)6-19-40(125-67)14-29(86)49(50(19)97)65(112)71-72(69-39(96)15-123-76(115)20-7-32(89)52(99)59(106)43(20)45-22(78(117)128-69)9-34(91)54(101)61(45)108)132-80(119)24-11-36(93)56(103)63(110)47(24)48-25(81(120)130-71)13-41(58(105)64(48)111)126-68-26(12-37(94)57(104)66(68)113)82(121)133-74-73(131-75(114)18-4-30(87)51(98)31(88)5-18)70-42(127-83(74)122)16-124-77(116)21-8-33(90)53(100)60(107)44(21)46-23(79(118)129-70)10-35(92)55(102)62(46)109/h1-5,7-14,38-39,42,65,67,69-74,83-113,122H,6,15-16H2/t38-,39-,42-,65-,67-,69-,70-,71+,72+,73+,74-,83?/m1/s1. The molecule has 0 aromatic heterocycles. The first kappa shape index (κ1) is 89.8. The number of phenolic OH excluding ortho intramolecular Hbond substituents is 27. The van der Waals surface area contributed by atoms with Gasteiger partial charge in [0.05, 0.1) is 50.6 Å². The lowest BCUT2D eigenvalue weighted by Crippen LogP contribution is -2.62. The molecule has 0 spiro atoms. The second-order valence-corrected chi connectivity index (χ2v) is 29.7. The molecule has 31 N–H and O–H groups in total. The van der Waals surface area contributed by atoms with E-state index in [2.05, 4.69) is 0 Å². The monoisotopic (exact) mass is 1860 g/mol. The number of aliphatic hydroxyl groups excluding tert-OH is 4. The first-order valence-corrected chi connectivity index (χ1v) is 37.6. The number of benzene rings is 10. The zero-order valence-corrected chi connectivity index (χ0v) is 65.7. The number of ether oxygens (including phenoxy) is 11. The van der Waals surface area contributed by atoms with Crippen LogP contribution in [0.5, 0.6) is 172 Å². The molecule has 0 radical (unpaired) electrons. The van der Waals surface area contributed by atoms with Gasteiger partial charge in [-0.25, -0.2) is 38.4 Å². The van der Waals surface area contributed by atoms with Crippen LogP contribution in [-0.4, -0.2) is 280 Å². The number of aliphatic hydroxyl groups is 4. The second kappa shape index (κ2) is 33.0. The van der Waals surface area contributed by atoms with Crippen molar-refractivity contribution in [1.29, 1.82) is 0 Å². The molecule has 1 fully saturated rings. The maximum Gasteiger partial charge on any atom is 0.342 e. The molecule has 5 heterocycles. The van der Waals surface area contributed by atoms with Crippen LogP contribution in [0.2, 0.25) is 0 Å². The van der Waals surface area contributed by atoms with Crippen molar-refractivity contribution >= 4 is 47.8 Å². The Labute approximate surface area is 732 Å². The lowest BCUT2D eigenvalue weighted by Gasteiger charge is -2.42. The molecule has 0 saturated carbocycles. The van der Waals surface area contributed by atoms with Crippen molar-refractivity contribution in [1.82, 2.24) is 0 Å². The molecule has 0 aliphatic carbocycles. The average molecular weight is 1860 g/mol. The third kappa shape index (κ3) is 15.0. The fraction of sp³-hybridized carbons (Fsp3) is 0.181. The highest BCUT2D eigenvalue weighted by molar-refractivity contribution is 6.12. The van der Waals surface area contributed by atoms with Gasteiger partial charge in [-0.2, -0.15) is 0 Å². The Hall–Kier alpha value is -18.0. The highest BCUT2D eigenvalue weighted by Gasteiger charge is 2.56. The van der Waals surface area contributed by atoms with Crippen LogP contribution in [0.25, 0.3) is 33.4 Å². The Kier molecular flexibility index (Phi) is 22.3. The van der Waals surface area contributed by atoms with Crippen LogP contribution in [0.15, 0.2) is 78.9 Å². The van der Waals surface area contributed by atoms with Gasteiger partial charge in [0, 0.05) is 63.6 Å². The number of carbonyl (C=O) groups is 8. The predicted molar refractivity (Wildman–Crippen MR) is 417 cm³/mol. The van der Waals surface area contributed by atoms with E-state index in [0.29, 0.717) is 30.3 Å². The molecule has 10 aromatic rings. The predicted octanol–water partition coefficient (Wildman–Crippen LogP) is 2.99. The molecule has 10 aromatic carbocycles. The number of cyclic esters (lactones) is 5. The summed E-state index contributed by atoms with van der Waals surface area (Å²) in [5, 5.41) is 350. The van der Waals surface area contributed by atoms with Crippen molar-refractivity contribution in [3.05, 3.63) is 140 Å². The van der Waals surface area contributed by atoms with E-state index in [9.17, 15) is 177 Å². The first-order chi connectivity index (χ1) is 62.6. The molecule has 1 unspecified atom stereocenters. The molecule has 15 rings (SSSR count). The number of rotatable bonds is 10. The molecule has 5 aliphatic rings. The van der Waals surface area contributed by atoms with E-state index in [1.807, 2.05) is 0 Å². The third-order valence-electron chi connectivity index (χ3n) is 21.7. The fourth-order valence-corrected chi connectivity index (χ4v) is 15.2. The summed E-state index contributed by atoms with van der Waals surface area (Å²) in [7, 11) is 0. The number of fused-ring (bicyclic) bond motifs is 11. The van der Waals surface area contributed by atoms with Crippen LogP contribution < -0.4 is 9.47 Å². The zero-order chi connectivity index (χ0) is 96.8. The highest BCUT2D eigenvalue weighted by atomic mass is 16.7. The quantitative estimate of drug-likeness (QED) is 0.0531. The van der Waals surface area contributed by atoms with E-state index in [-0.39, 0.29) is 35.9 Å². The fourth-order valence-electron chi connectivity index (χ4n) is 15.2. The number of carbonyl (C=O) groups excluding carboxylic acids is 8. The minimum atomic E-state index is -3.35. The third-order valence-corrected chi connectivity index (χ3v) is 21.7. The maximum absolute atomic E-state index is 16.1. The number of esters is 8. The van der Waals surface area contributed by atoms with Crippen molar-refractivity contribution in [3.8, 4) is 206 Å². The van der Waals surface area contributed by atoms with Gasteiger partial charge in [0.2, 0.25) is 46.0 Å². The molecule has 50 heteroatoms. The summed E-state index contributed by atoms with van der Waals surface area (Å²) < 4.78 is 62.3. The minimum absolute atomic E-state index is 0.0657. The van der Waals surface area contributed by atoms with Crippen molar-refractivity contribution in [2.24, 2.45) is 0 Å². The molecule has 694 valence electrons. The van der Waals surface area contributed by atoms with E-state index in [4.69, 9.17) is 52.1 Å². The van der Waals surface area contributed by atoms with Gasteiger partial charge in [-0.15, -0.1) is 0 Å². The van der Waals surface area contributed by atoms with Crippen LogP contribution in [0.3, 0.4) is 0 Å². The van der Waals surface area contributed by atoms with Crippen LogP contribution in [-0.2, 0) is 49.1 Å². The largest absolute Gasteiger partial charge is 0.507 e. The first-order valence-electron chi connectivity index (χ1n) is 37.6. The van der Waals surface area contributed by atoms with Crippen LogP contribution in [0.1, 0.15) is 112 Å². The lowest BCUT2D eigenvalue weighted by molar-refractivity contribution is -0.284. The Morgan fingerprint density at radius 3 is 1.23 bits per heavy atom. The van der Waals surface area contributed by atoms with E-state index < -0.39 is 402 Å². The van der Waals surface area contributed by atoms with E-state index >= 15 is 19.2 Å². The smallest absolute Gasteiger partial charge is 0.342 e. The number of hydrogen-bond donors (Lipinski definition) is 31. The molecule has 0 bridgehead atoms. The van der Waals surface area contributed by atoms with Crippen LogP contribution in [0.4, 0.5) is 0 Å². The molecule has 0 amide bonds. The van der Waals surface area contributed by atoms with E-state index in [1.165, 1.54) is 0 Å². The Balaban J connectivity index is 0.880. The molecule has 50 nitrogen and oxygen atoms in total. The molecule has 5 aliphatic heterocycles. The van der Waals surface area contributed by atoms with Crippen molar-refractivity contribution in [2.45, 2.75) is 79.9 Å². The summed E-state index contributed by atoms with van der Waals surface area (Å²) in [5.41, 5.74) is -21.1. The number of phenols is 27.